The third-order valence-electron chi connectivity index (χ3n) is 3.20. The molecule has 0 aromatic heterocycles. The van der Waals surface area contributed by atoms with Crippen molar-refractivity contribution < 1.29 is 24.6 Å². The molecule has 1 fully saturated rings. The summed E-state index contributed by atoms with van der Waals surface area (Å²) in [4.78, 5) is 36.2. The van der Waals surface area contributed by atoms with Gasteiger partial charge >= 0.3 is 11.9 Å². The number of amides is 1. The van der Waals surface area contributed by atoms with Crippen LogP contribution in [0.25, 0.3) is 0 Å². The number of rotatable bonds is 6. The number of hydrogen-bond donors (Lipinski definition) is 2. The lowest BCUT2D eigenvalue weighted by molar-refractivity contribution is -0.144. The molecule has 0 aliphatic carbocycles. The minimum atomic E-state index is -1.14. The fourth-order valence-corrected chi connectivity index (χ4v) is 2.30. The molecule has 0 aromatic rings. The van der Waals surface area contributed by atoms with Crippen molar-refractivity contribution >= 4 is 17.8 Å². The molecule has 1 rings (SSSR count). The highest BCUT2D eigenvalue weighted by atomic mass is 16.4. The molecule has 108 valence electrons. The molecule has 1 amide bonds. The van der Waals surface area contributed by atoms with Crippen LogP contribution in [0.2, 0.25) is 0 Å². The van der Waals surface area contributed by atoms with E-state index in [1.54, 1.807) is 4.90 Å². The summed E-state index contributed by atoms with van der Waals surface area (Å²) in [5, 5.41) is 17.4. The topological polar surface area (TPSA) is 98.2 Å². The number of carboxylic acid groups (broad SMARTS) is 2. The van der Waals surface area contributed by atoms with Gasteiger partial charge < -0.3 is 15.1 Å². The fourth-order valence-electron chi connectivity index (χ4n) is 2.30. The Labute approximate surface area is 111 Å². The van der Waals surface area contributed by atoms with E-state index in [1.807, 2.05) is 6.92 Å². The second kappa shape index (κ2) is 7.08. The van der Waals surface area contributed by atoms with E-state index < -0.39 is 25.0 Å². The summed E-state index contributed by atoms with van der Waals surface area (Å²) >= 11 is 0. The molecule has 0 radical (unpaired) electrons. The van der Waals surface area contributed by atoms with Crippen LogP contribution in [0.15, 0.2) is 0 Å². The van der Waals surface area contributed by atoms with Crippen molar-refractivity contribution in [3.63, 3.8) is 0 Å². The summed E-state index contributed by atoms with van der Waals surface area (Å²) < 4.78 is 0. The van der Waals surface area contributed by atoms with Gasteiger partial charge in [0.25, 0.3) is 0 Å². The Hall–Kier alpha value is -1.63. The molecule has 2 N–H and O–H groups in total. The zero-order valence-electron chi connectivity index (χ0n) is 11.0. The molecular weight excluding hydrogens is 252 g/mol. The molecule has 1 saturated heterocycles. The van der Waals surface area contributed by atoms with Crippen LogP contribution in [-0.4, -0.2) is 70.1 Å². The molecule has 0 aromatic carbocycles. The number of piperidine rings is 1. The van der Waals surface area contributed by atoms with Crippen molar-refractivity contribution in [1.29, 1.82) is 0 Å². The molecule has 1 atom stereocenters. The van der Waals surface area contributed by atoms with Gasteiger partial charge in [0.05, 0.1) is 19.6 Å². The maximum absolute atomic E-state index is 12.1. The van der Waals surface area contributed by atoms with Gasteiger partial charge in [0, 0.05) is 12.6 Å². The van der Waals surface area contributed by atoms with E-state index in [0.717, 1.165) is 24.2 Å². The van der Waals surface area contributed by atoms with Crippen LogP contribution >= 0.6 is 0 Å². The monoisotopic (exact) mass is 272 g/mol. The number of carboxylic acids is 2. The van der Waals surface area contributed by atoms with Crippen LogP contribution in [0.1, 0.15) is 26.2 Å². The predicted octanol–water partition coefficient (Wildman–Crippen LogP) is -0.141. The highest BCUT2D eigenvalue weighted by molar-refractivity contribution is 5.80. The zero-order chi connectivity index (χ0) is 14.4. The van der Waals surface area contributed by atoms with Crippen LogP contribution in [0.5, 0.6) is 0 Å². The van der Waals surface area contributed by atoms with Crippen molar-refractivity contribution in [3.8, 4) is 0 Å². The van der Waals surface area contributed by atoms with Gasteiger partial charge in [-0.1, -0.05) is 0 Å². The number of hydrogen-bond acceptors (Lipinski definition) is 4. The minimum Gasteiger partial charge on any atom is -0.480 e. The van der Waals surface area contributed by atoms with Gasteiger partial charge in [-0.25, -0.2) is 0 Å². The lowest BCUT2D eigenvalue weighted by Gasteiger charge is -2.34. The van der Waals surface area contributed by atoms with E-state index in [1.165, 1.54) is 0 Å². The first-order valence-electron chi connectivity index (χ1n) is 6.35. The van der Waals surface area contributed by atoms with E-state index in [0.29, 0.717) is 6.54 Å². The zero-order valence-corrected chi connectivity index (χ0v) is 11.0. The average Bonchev–Trinajstić information content (AvgIpc) is 2.27. The molecule has 1 aliphatic rings. The normalized spacial score (nSPS) is 19.5. The quantitative estimate of drug-likeness (QED) is 0.698. The summed E-state index contributed by atoms with van der Waals surface area (Å²) in [7, 11) is 0. The molecule has 1 heterocycles. The first-order valence-corrected chi connectivity index (χ1v) is 6.35. The molecule has 19 heavy (non-hydrogen) atoms. The minimum absolute atomic E-state index is 0.137. The Morgan fingerprint density at radius 3 is 2.16 bits per heavy atom. The summed E-state index contributed by atoms with van der Waals surface area (Å²) in [6, 6.07) is 0.137. The Kier molecular flexibility index (Phi) is 5.75. The van der Waals surface area contributed by atoms with Crippen molar-refractivity contribution in [2.45, 2.75) is 32.2 Å². The molecular formula is C12H20N2O5. The first-order chi connectivity index (χ1) is 8.90. The van der Waals surface area contributed by atoms with E-state index in [2.05, 4.69) is 0 Å². The van der Waals surface area contributed by atoms with Crippen molar-refractivity contribution in [2.24, 2.45) is 0 Å². The number of carbonyl (C=O) groups excluding carboxylic acids is 1. The lowest BCUT2D eigenvalue weighted by atomic mass is 10.0. The Morgan fingerprint density at radius 1 is 1.11 bits per heavy atom. The second-order valence-corrected chi connectivity index (χ2v) is 4.86. The maximum Gasteiger partial charge on any atom is 0.317 e. The second-order valence-electron chi connectivity index (χ2n) is 4.86. The van der Waals surface area contributed by atoms with E-state index in [-0.39, 0.29) is 18.5 Å². The predicted molar refractivity (Wildman–Crippen MR) is 66.7 cm³/mol. The van der Waals surface area contributed by atoms with E-state index in [9.17, 15) is 14.4 Å². The van der Waals surface area contributed by atoms with Crippen LogP contribution in [-0.2, 0) is 14.4 Å². The molecule has 0 bridgehead atoms. The number of nitrogens with zero attached hydrogens (tertiary/aromatic N) is 2. The first kappa shape index (κ1) is 15.4. The van der Waals surface area contributed by atoms with Gasteiger partial charge in [0.1, 0.15) is 0 Å². The highest BCUT2D eigenvalue weighted by Gasteiger charge is 2.25. The van der Waals surface area contributed by atoms with Crippen molar-refractivity contribution in [2.75, 3.05) is 26.2 Å². The van der Waals surface area contributed by atoms with Gasteiger partial charge in [-0.2, -0.15) is 0 Å². The lowest BCUT2D eigenvalue weighted by Crippen LogP contribution is -2.48. The number of aliphatic carboxylic acids is 2. The third kappa shape index (κ3) is 5.25. The maximum atomic E-state index is 12.1. The van der Waals surface area contributed by atoms with Crippen molar-refractivity contribution in [3.05, 3.63) is 0 Å². The molecule has 7 heteroatoms. The summed E-state index contributed by atoms with van der Waals surface area (Å²) in [6.45, 7) is 1.56. The Balaban J connectivity index is 2.58. The van der Waals surface area contributed by atoms with Gasteiger partial charge in [-0.05, 0) is 26.2 Å². The average molecular weight is 272 g/mol. The van der Waals surface area contributed by atoms with Crippen LogP contribution in [0, 0.1) is 0 Å². The molecule has 0 saturated carbocycles. The SMILES string of the molecule is CC1CCCCN1C(=O)CN(CC(=O)O)CC(=O)O. The fraction of sp³-hybridized carbons (Fsp3) is 0.750. The van der Waals surface area contributed by atoms with Gasteiger partial charge in [-0.3, -0.25) is 19.3 Å². The van der Waals surface area contributed by atoms with E-state index >= 15 is 0 Å². The van der Waals surface area contributed by atoms with Gasteiger partial charge in [-0.15, -0.1) is 0 Å². The van der Waals surface area contributed by atoms with E-state index in [4.69, 9.17) is 10.2 Å². The Bertz CT molecular complexity index is 342. The number of likely N-dealkylation sites (tertiary alicyclic amines) is 1. The molecule has 1 aliphatic heterocycles. The smallest absolute Gasteiger partial charge is 0.317 e. The molecule has 1 unspecified atom stereocenters. The summed E-state index contributed by atoms with van der Waals surface area (Å²) in [6.07, 6.45) is 2.95. The summed E-state index contributed by atoms with van der Waals surface area (Å²) in [5.41, 5.74) is 0. The van der Waals surface area contributed by atoms with Gasteiger partial charge in [0.15, 0.2) is 0 Å². The standard InChI is InChI=1S/C12H20N2O5/c1-9-4-2-3-5-14(9)10(15)6-13(7-11(16)17)8-12(18)19/h9H,2-8H2,1H3,(H,16,17)(H,18,19). The van der Waals surface area contributed by atoms with Crippen LogP contribution in [0.3, 0.4) is 0 Å². The number of carbonyl (C=O) groups is 3. The Morgan fingerprint density at radius 2 is 1.68 bits per heavy atom. The largest absolute Gasteiger partial charge is 0.480 e. The van der Waals surface area contributed by atoms with Crippen LogP contribution in [0.4, 0.5) is 0 Å². The summed E-state index contributed by atoms with van der Waals surface area (Å²) in [5.74, 6) is -2.48. The van der Waals surface area contributed by atoms with Crippen LogP contribution < -0.4 is 0 Å². The molecule has 7 nitrogen and oxygen atoms in total. The molecule has 0 spiro atoms. The third-order valence-corrected chi connectivity index (χ3v) is 3.20. The van der Waals surface area contributed by atoms with Gasteiger partial charge in [0.2, 0.25) is 5.91 Å². The van der Waals surface area contributed by atoms with Crippen molar-refractivity contribution in [1.82, 2.24) is 9.80 Å². The highest BCUT2D eigenvalue weighted by Crippen LogP contribution is 2.16.